The van der Waals surface area contributed by atoms with Crippen molar-refractivity contribution in [2.75, 3.05) is 0 Å². The van der Waals surface area contributed by atoms with Crippen LogP contribution in [-0.2, 0) is 0 Å². The molecule has 1 aliphatic heterocycles. The van der Waals surface area contributed by atoms with Gasteiger partial charge in [-0.2, -0.15) is 0 Å². The van der Waals surface area contributed by atoms with Gasteiger partial charge in [-0.25, -0.2) is 0 Å². The van der Waals surface area contributed by atoms with E-state index >= 15 is 0 Å². The average Bonchev–Trinajstić information content (AvgIpc) is 2.18. The Morgan fingerprint density at radius 2 is 1.57 bits per heavy atom. The van der Waals surface area contributed by atoms with Crippen molar-refractivity contribution in [2.24, 2.45) is 5.92 Å². The lowest BCUT2D eigenvalue weighted by atomic mass is 9.85. The molecule has 0 aromatic carbocycles. The van der Waals surface area contributed by atoms with E-state index < -0.39 is 0 Å². The molecule has 0 aromatic heterocycles. The van der Waals surface area contributed by atoms with E-state index in [0.717, 1.165) is 5.92 Å². The first-order valence-electron chi connectivity index (χ1n) is 6.06. The van der Waals surface area contributed by atoms with Gasteiger partial charge in [-0.1, -0.05) is 44.3 Å². The second-order valence-electron chi connectivity index (χ2n) is 4.54. The Kier molecular flexibility index (Phi) is 3.67. The first kappa shape index (κ1) is 9.82. The molecule has 0 spiro atoms. The molecule has 1 heteroatoms. The fourth-order valence-electron chi connectivity index (χ4n) is 2.60. The van der Waals surface area contributed by atoms with Gasteiger partial charge in [0.05, 0.1) is 0 Å². The Bertz CT molecular complexity index is 209. The van der Waals surface area contributed by atoms with Crippen molar-refractivity contribution in [2.45, 2.75) is 51.0 Å². The maximum absolute atomic E-state index is 3.47. The number of hydrogen-bond acceptors (Lipinski definition) is 1. The minimum atomic E-state index is 0.609. The molecule has 1 heterocycles. The summed E-state index contributed by atoms with van der Waals surface area (Å²) in [5.74, 6) is 0.872. The van der Waals surface area contributed by atoms with Gasteiger partial charge in [-0.05, 0) is 31.0 Å². The van der Waals surface area contributed by atoms with E-state index in [4.69, 9.17) is 0 Å². The summed E-state index contributed by atoms with van der Waals surface area (Å²) in [7, 11) is 0. The van der Waals surface area contributed by atoms with Gasteiger partial charge in [0, 0.05) is 6.04 Å². The lowest BCUT2D eigenvalue weighted by Crippen LogP contribution is -2.32. The molecule has 1 nitrogen and oxygen atoms in total. The van der Waals surface area contributed by atoms with Crippen LogP contribution in [0.5, 0.6) is 0 Å². The standard InChI is InChI=1S/C13H21N/c1-2-4-8-12(9-5-3-1)13-10-6-7-11-14-13/h6-7,10-14H,1-5,8-9H2. The van der Waals surface area contributed by atoms with E-state index in [1.807, 2.05) is 0 Å². The van der Waals surface area contributed by atoms with E-state index in [-0.39, 0.29) is 0 Å². The molecule has 1 N–H and O–H groups in total. The summed E-state index contributed by atoms with van der Waals surface area (Å²) in [6.07, 6.45) is 18.7. The summed E-state index contributed by atoms with van der Waals surface area (Å²) >= 11 is 0. The fourth-order valence-corrected chi connectivity index (χ4v) is 2.60. The van der Waals surface area contributed by atoms with Gasteiger partial charge in [-0.3, -0.25) is 0 Å². The van der Waals surface area contributed by atoms with Gasteiger partial charge in [0.2, 0.25) is 0 Å². The van der Waals surface area contributed by atoms with Crippen LogP contribution >= 0.6 is 0 Å². The van der Waals surface area contributed by atoms with Gasteiger partial charge < -0.3 is 5.32 Å². The molecule has 2 rings (SSSR count). The smallest absolute Gasteiger partial charge is 0.0470 e. The fraction of sp³-hybridized carbons (Fsp3) is 0.692. The summed E-state index contributed by atoms with van der Waals surface area (Å²) in [6.45, 7) is 0. The average molecular weight is 191 g/mol. The largest absolute Gasteiger partial charge is 0.384 e. The molecule has 0 saturated heterocycles. The van der Waals surface area contributed by atoms with E-state index in [1.165, 1.54) is 44.9 Å². The quantitative estimate of drug-likeness (QED) is 0.670. The monoisotopic (exact) mass is 191 g/mol. The van der Waals surface area contributed by atoms with Crippen LogP contribution in [0.25, 0.3) is 0 Å². The SMILES string of the molecule is C1=CNC(C2CCCCCCC2)C=C1. The van der Waals surface area contributed by atoms with Crippen molar-refractivity contribution in [3.63, 3.8) is 0 Å². The van der Waals surface area contributed by atoms with Crippen molar-refractivity contribution < 1.29 is 0 Å². The van der Waals surface area contributed by atoms with Crippen molar-refractivity contribution in [1.82, 2.24) is 5.32 Å². The molecule has 1 aliphatic carbocycles. The normalized spacial score (nSPS) is 29.3. The zero-order chi connectivity index (χ0) is 9.64. The summed E-state index contributed by atoms with van der Waals surface area (Å²) in [5, 5.41) is 3.47. The predicted molar refractivity (Wildman–Crippen MR) is 61.0 cm³/mol. The Labute approximate surface area is 87.3 Å². The first-order valence-corrected chi connectivity index (χ1v) is 6.06. The second kappa shape index (κ2) is 5.23. The molecule has 1 fully saturated rings. The van der Waals surface area contributed by atoms with Gasteiger partial charge in [0.1, 0.15) is 0 Å². The van der Waals surface area contributed by atoms with Gasteiger partial charge in [-0.15, -0.1) is 0 Å². The number of nitrogens with one attached hydrogen (secondary N) is 1. The van der Waals surface area contributed by atoms with E-state index in [9.17, 15) is 0 Å². The predicted octanol–water partition coefficient (Wildman–Crippen LogP) is 3.39. The van der Waals surface area contributed by atoms with Gasteiger partial charge >= 0.3 is 0 Å². The lowest BCUT2D eigenvalue weighted by Gasteiger charge is -2.28. The molecular weight excluding hydrogens is 170 g/mol. The van der Waals surface area contributed by atoms with Crippen LogP contribution in [0.3, 0.4) is 0 Å². The third-order valence-corrected chi connectivity index (χ3v) is 3.47. The Morgan fingerprint density at radius 3 is 2.21 bits per heavy atom. The van der Waals surface area contributed by atoms with Crippen LogP contribution in [0.4, 0.5) is 0 Å². The summed E-state index contributed by atoms with van der Waals surface area (Å²) in [5.41, 5.74) is 0. The molecule has 1 atom stereocenters. The van der Waals surface area contributed by atoms with Crippen LogP contribution in [0, 0.1) is 5.92 Å². The zero-order valence-electron chi connectivity index (χ0n) is 8.91. The Hall–Kier alpha value is -0.720. The van der Waals surface area contributed by atoms with Crippen molar-refractivity contribution in [3.8, 4) is 0 Å². The summed E-state index contributed by atoms with van der Waals surface area (Å²) in [6, 6.07) is 0.609. The van der Waals surface area contributed by atoms with Gasteiger partial charge in [0.15, 0.2) is 0 Å². The molecule has 2 aliphatic rings. The summed E-state index contributed by atoms with van der Waals surface area (Å²) in [4.78, 5) is 0. The van der Waals surface area contributed by atoms with Crippen molar-refractivity contribution in [3.05, 3.63) is 24.4 Å². The lowest BCUT2D eigenvalue weighted by molar-refractivity contribution is 0.332. The molecule has 1 saturated carbocycles. The highest BCUT2D eigenvalue weighted by Crippen LogP contribution is 2.26. The van der Waals surface area contributed by atoms with Crippen LogP contribution in [0.2, 0.25) is 0 Å². The number of hydrogen-bond donors (Lipinski definition) is 1. The van der Waals surface area contributed by atoms with Crippen LogP contribution < -0.4 is 5.32 Å². The maximum Gasteiger partial charge on any atom is 0.0470 e. The molecule has 0 amide bonds. The highest BCUT2D eigenvalue weighted by atomic mass is 14.9. The zero-order valence-corrected chi connectivity index (χ0v) is 8.91. The van der Waals surface area contributed by atoms with Crippen molar-refractivity contribution >= 4 is 0 Å². The Balaban J connectivity index is 1.87. The molecule has 0 radical (unpaired) electrons. The van der Waals surface area contributed by atoms with E-state index in [0.29, 0.717) is 6.04 Å². The highest BCUT2D eigenvalue weighted by Gasteiger charge is 2.19. The van der Waals surface area contributed by atoms with Gasteiger partial charge in [0.25, 0.3) is 0 Å². The minimum Gasteiger partial charge on any atom is -0.384 e. The van der Waals surface area contributed by atoms with Crippen LogP contribution in [-0.4, -0.2) is 6.04 Å². The number of rotatable bonds is 1. The number of allylic oxidation sites excluding steroid dienone is 2. The Morgan fingerprint density at radius 1 is 0.857 bits per heavy atom. The minimum absolute atomic E-state index is 0.609. The molecule has 0 aromatic rings. The first-order chi connectivity index (χ1) is 6.97. The van der Waals surface area contributed by atoms with E-state index in [2.05, 4.69) is 29.7 Å². The molecule has 0 bridgehead atoms. The molecule has 1 unspecified atom stereocenters. The third-order valence-electron chi connectivity index (χ3n) is 3.47. The second-order valence-corrected chi connectivity index (χ2v) is 4.54. The third kappa shape index (κ3) is 2.63. The van der Waals surface area contributed by atoms with Crippen LogP contribution in [0.15, 0.2) is 24.4 Å². The van der Waals surface area contributed by atoms with Crippen molar-refractivity contribution in [1.29, 1.82) is 0 Å². The van der Waals surface area contributed by atoms with E-state index in [1.54, 1.807) is 0 Å². The topological polar surface area (TPSA) is 12.0 Å². The number of dihydropyridines is 1. The summed E-state index contributed by atoms with van der Waals surface area (Å²) < 4.78 is 0. The molecule has 78 valence electrons. The maximum atomic E-state index is 3.47. The highest BCUT2D eigenvalue weighted by molar-refractivity contribution is 5.13. The molecule has 14 heavy (non-hydrogen) atoms. The molecular formula is C13H21N. The van der Waals surface area contributed by atoms with Crippen LogP contribution in [0.1, 0.15) is 44.9 Å².